The van der Waals surface area contributed by atoms with E-state index in [1.54, 1.807) is 10.7 Å². The van der Waals surface area contributed by atoms with Crippen LogP contribution in [0.15, 0.2) is 24.5 Å². The molecule has 1 unspecified atom stereocenters. The van der Waals surface area contributed by atoms with Gasteiger partial charge >= 0.3 is 0 Å². The number of allylic oxidation sites excluding steroid dienone is 1. The maximum absolute atomic E-state index is 12.2. The number of hydrogen-bond donors (Lipinski definition) is 1. The number of amides is 1. The molecule has 7 nitrogen and oxygen atoms in total. The quantitative estimate of drug-likeness (QED) is 0.605. The summed E-state index contributed by atoms with van der Waals surface area (Å²) in [5, 5.41) is 6.79. The molecule has 0 aliphatic carbocycles. The largest absolute Gasteiger partial charge is 0.380 e. The minimum Gasteiger partial charge on any atom is -0.380 e. The number of carbonyl (C=O) groups is 2. The van der Waals surface area contributed by atoms with Gasteiger partial charge in [-0.3, -0.25) is 9.59 Å². The zero-order valence-corrected chi connectivity index (χ0v) is 14.1. The molecule has 2 aromatic heterocycles. The van der Waals surface area contributed by atoms with Gasteiger partial charge in [0.2, 0.25) is 5.91 Å². The molecule has 0 spiro atoms. The van der Waals surface area contributed by atoms with Crippen LogP contribution in [0.1, 0.15) is 29.4 Å². The molecule has 24 heavy (non-hydrogen) atoms. The first-order valence-electron chi connectivity index (χ1n) is 7.75. The monoisotopic (exact) mass is 346 g/mol. The lowest BCUT2D eigenvalue weighted by Crippen LogP contribution is -2.33. The van der Waals surface area contributed by atoms with Gasteiger partial charge in [-0.2, -0.15) is 5.10 Å². The molecular formula is C16H18N4O3S. The summed E-state index contributed by atoms with van der Waals surface area (Å²) in [4.78, 5) is 28.6. The lowest BCUT2D eigenvalue weighted by Gasteiger charge is -2.11. The predicted molar refractivity (Wildman–Crippen MR) is 91.9 cm³/mol. The molecule has 1 amide bonds. The highest BCUT2D eigenvalue weighted by Gasteiger charge is 2.26. The number of nitrogens with zero attached hydrogens (tertiary/aromatic N) is 3. The second-order valence-electron chi connectivity index (χ2n) is 5.20. The maximum Gasteiger partial charge on any atom is 0.233 e. The van der Waals surface area contributed by atoms with Crippen LogP contribution in [0.25, 0.3) is 10.6 Å². The first kappa shape index (κ1) is 16.7. The van der Waals surface area contributed by atoms with Crippen LogP contribution in [0.3, 0.4) is 0 Å². The van der Waals surface area contributed by atoms with E-state index < -0.39 is 0 Å². The Hall–Kier alpha value is -2.19. The Morgan fingerprint density at radius 2 is 2.46 bits per heavy atom. The highest BCUT2D eigenvalue weighted by molar-refractivity contribution is 8.09. The normalized spacial score (nSPS) is 17.0. The number of hydrogen-bond acceptors (Lipinski definition) is 6. The molecule has 126 valence electrons. The first-order valence-corrected chi connectivity index (χ1v) is 8.63. The second-order valence-corrected chi connectivity index (χ2v) is 6.44. The molecule has 8 heteroatoms. The van der Waals surface area contributed by atoms with Crippen molar-refractivity contribution in [1.29, 1.82) is 0 Å². The third-order valence-electron chi connectivity index (χ3n) is 3.60. The van der Waals surface area contributed by atoms with E-state index in [1.807, 2.05) is 19.1 Å². The summed E-state index contributed by atoms with van der Waals surface area (Å²) >= 11 is 1.49. The van der Waals surface area contributed by atoms with Gasteiger partial charge in [0.1, 0.15) is 0 Å². The van der Waals surface area contributed by atoms with Gasteiger partial charge < -0.3 is 10.1 Å². The second kappa shape index (κ2) is 7.59. The van der Waals surface area contributed by atoms with Crippen molar-refractivity contribution in [3.05, 3.63) is 35.8 Å². The zero-order chi connectivity index (χ0) is 16.9. The molecule has 0 bridgehead atoms. The van der Waals surface area contributed by atoms with Crippen LogP contribution in [0.5, 0.6) is 0 Å². The number of nitrogens with one attached hydrogen (secondary N) is 1. The molecule has 0 aromatic carbocycles. The fourth-order valence-electron chi connectivity index (χ4n) is 2.40. The Balaban J connectivity index is 1.64. The van der Waals surface area contributed by atoms with Gasteiger partial charge in [0, 0.05) is 24.3 Å². The number of fused-ring (bicyclic) bond motifs is 1. The van der Waals surface area contributed by atoms with Crippen molar-refractivity contribution in [2.45, 2.75) is 18.6 Å². The highest BCUT2D eigenvalue weighted by atomic mass is 32.2. The number of rotatable bonds is 7. The molecule has 1 aliphatic rings. The molecule has 2 aromatic rings. The van der Waals surface area contributed by atoms with E-state index in [-0.39, 0.29) is 11.2 Å². The van der Waals surface area contributed by atoms with Crippen LogP contribution >= 0.6 is 11.8 Å². The van der Waals surface area contributed by atoms with E-state index in [9.17, 15) is 9.59 Å². The van der Waals surface area contributed by atoms with E-state index in [0.717, 1.165) is 16.9 Å². The van der Waals surface area contributed by atoms with Crippen LogP contribution in [-0.4, -0.2) is 51.8 Å². The molecular weight excluding hydrogens is 328 g/mol. The third kappa shape index (κ3) is 3.49. The molecule has 1 atom stereocenters. The summed E-state index contributed by atoms with van der Waals surface area (Å²) in [5.41, 5.74) is 1.72. The average molecular weight is 346 g/mol. The van der Waals surface area contributed by atoms with Crippen molar-refractivity contribution in [2.24, 2.45) is 0 Å². The molecule has 0 saturated carbocycles. The minimum absolute atomic E-state index is 0.00460. The van der Waals surface area contributed by atoms with Crippen molar-refractivity contribution in [2.75, 3.05) is 19.8 Å². The Bertz CT molecular complexity index is 787. The lowest BCUT2D eigenvalue weighted by molar-refractivity contribution is -0.120. The van der Waals surface area contributed by atoms with Crippen molar-refractivity contribution >= 4 is 34.5 Å². The Morgan fingerprint density at radius 3 is 3.25 bits per heavy atom. The fourth-order valence-corrected chi connectivity index (χ4v) is 3.52. The van der Waals surface area contributed by atoms with Crippen molar-refractivity contribution < 1.29 is 14.3 Å². The smallest absolute Gasteiger partial charge is 0.233 e. The summed E-state index contributed by atoms with van der Waals surface area (Å²) < 4.78 is 6.77. The standard InChI is InChI=1S/C16H18N4O3S/c1-2-23-8-6-17-16(22)14-4-3-13(24-14)12-5-7-20-15(19-12)11(10-21)9-18-20/h3,5,7,9-10,14H,2,4,6,8H2,1H3,(H,17,22). The van der Waals surface area contributed by atoms with Crippen molar-refractivity contribution in [3.8, 4) is 0 Å². The highest BCUT2D eigenvalue weighted by Crippen LogP contribution is 2.38. The van der Waals surface area contributed by atoms with Gasteiger partial charge in [-0.15, -0.1) is 11.8 Å². The summed E-state index contributed by atoms with van der Waals surface area (Å²) in [6, 6.07) is 1.84. The predicted octanol–water partition coefficient (Wildman–Crippen LogP) is 1.54. The fraction of sp³-hybridized carbons (Fsp3) is 0.375. The first-order chi connectivity index (χ1) is 11.7. The summed E-state index contributed by atoms with van der Waals surface area (Å²) in [5.74, 6) is 0.00460. The molecule has 0 fully saturated rings. The molecule has 1 N–H and O–H groups in total. The maximum atomic E-state index is 12.2. The van der Waals surface area contributed by atoms with Crippen LogP contribution in [0, 0.1) is 0 Å². The molecule has 0 saturated heterocycles. The van der Waals surface area contributed by atoms with Crippen LogP contribution < -0.4 is 5.32 Å². The number of carbonyl (C=O) groups excluding carboxylic acids is 2. The van der Waals surface area contributed by atoms with Gasteiger partial charge in [-0.25, -0.2) is 9.50 Å². The summed E-state index contributed by atoms with van der Waals surface area (Å²) in [6.45, 7) is 3.60. The molecule has 0 radical (unpaired) electrons. The van der Waals surface area contributed by atoms with E-state index in [0.29, 0.717) is 37.4 Å². The number of aldehydes is 1. The number of thioether (sulfide) groups is 1. The van der Waals surface area contributed by atoms with Gasteiger partial charge in [-0.05, 0) is 19.4 Å². The zero-order valence-electron chi connectivity index (χ0n) is 13.3. The van der Waals surface area contributed by atoms with Gasteiger partial charge in [0.05, 0.1) is 29.3 Å². The van der Waals surface area contributed by atoms with E-state index in [4.69, 9.17) is 4.74 Å². The van der Waals surface area contributed by atoms with Crippen molar-refractivity contribution in [1.82, 2.24) is 19.9 Å². The molecule has 3 rings (SSSR count). The van der Waals surface area contributed by atoms with E-state index in [1.165, 1.54) is 18.0 Å². The van der Waals surface area contributed by atoms with Gasteiger partial charge in [0.15, 0.2) is 11.9 Å². The topological polar surface area (TPSA) is 85.6 Å². The third-order valence-corrected chi connectivity index (χ3v) is 4.93. The van der Waals surface area contributed by atoms with Crippen LogP contribution in [0.4, 0.5) is 0 Å². The summed E-state index contributed by atoms with van der Waals surface area (Å²) in [7, 11) is 0. The van der Waals surface area contributed by atoms with Gasteiger partial charge in [0.25, 0.3) is 0 Å². The Kier molecular flexibility index (Phi) is 5.27. The lowest BCUT2D eigenvalue weighted by atomic mass is 10.2. The van der Waals surface area contributed by atoms with E-state index in [2.05, 4.69) is 15.4 Å². The van der Waals surface area contributed by atoms with Crippen LogP contribution in [-0.2, 0) is 9.53 Å². The van der Waals surface area contributed by atoms with Crippen LogP contribution in [0.2, 0.25) is 0 Å². The van der Waals surface area contributed by atoms with Crippen molar-refractivity contribution in [3.63, 3.8) is 0 Å². The number of aromatic nitrogens is 3. The van der Waals surface area contributed by atoms with E-state index >= 15 is 0 Å². The minimum atomic E-state index is -0.157. The summed E-state index contributed by atoms with van der Waals surface area (Å²) in [6.07, 6.45) is 6.66. The molecule has 3 heterocycles. The SMILES string of the molecule is CCOCCNC(=O)C1CC=C(c2ccn3ncc(C=O)c3n2)S1. The Labute approximate surface area is 143 Å². The average Bonchev–Trinajstić information content (AvgIpc) is 3.24. The van der Waals surface area contributed by atoms with Gasteiger partial charge in [-0.1, -0.05) is 6.08 Å². The molecule has 1 aliphatic heterocycles. The number of ether oxygens (including phenoxy) is 1. The Morgan fingerprint density at radius 1 is 1.58 bits per heavy atom.